The van der Waals surface area contributed by atoms with Crippen molar-refractivity contribution in [2.24, 2.45) is 5.92 Å². The number of nitrogens with zero attached hydrogens (tertiary/aromatic N) is 2. The Balaban J connectivity index is 1.47. The first-order chi connectivity index (χ1) is 14.8. The zero-order valence-electron chi connectivity index (χ0n) is 17.2. The molecule has 0 bridgehead atoms. The molecule has 0 saturated carbocycles. The van der Waals surface area contributed by atoms with Gasteiger partial charge in [0.25, 0.3) is 0 Å². The first kappa shape index (κ1) is 22.6. The van der Waals surface area contributed by atoms with Gasteiger partial charge in [0, 0.05) is 40.7 Å². The van der Waals surface area contributed by atoms with Crippen LogP contribution in [0.25, 0.3) is 0 Å². The van der Waals surface area contributed by atoms with Crippen LogP contribution in [0.1, 0.15) is 25.3 Å². The Kier molecular flexibility index (Phi) is 6.62. The Morgan fingerprint density at radius 1 is 1.16 bits per heavy atom. The molecule has 9 heteroatoms. The van der Waals surface area contributed by atoms with E-state index in [0.29, 0.717) is 36.8 Å². The number of sulfonamides is 1. The highest BCUT2D eigenvalue weighted by atomic mass is 79.9. The molecule has 6 nitrogen and oxygen atoms in total. The van der Waals surface area contributed by atoms with E-state index in [4.69, 9.17) is 16.3 Å². The second-order valence-electron chi connectivity index (χ2n) is 7.72. The Labute approximate surface area is 196 Å². The maximum absolute atomic E-state index is 13.3. The van der Waals surface area contributed by atoms with Crippen molar-refractivity contribution in [2.45, 2.75) is 31.1 Å². The van der Waals surface area contributed by atoms with E-state index >= 15 is 0 Å². The van der Waals surface area contributed by atoms with Gasteiger partial charge in [0.05, 0.1) is 6.61 Å². The number of rotatable bonds is 5. The number of hydrogen-bond acceptors (Lipinski definition) is 4. The number of benzene rings is 2. The van der Waals surface area contributed by atoms with Gasteiger partial charge in [-0.1, -0.05) is 27.5 Å². The molecule has 2 heterocycles. The highest BCUT2D eigenvalue weighted by Gasteiger charge is 2.36. The van der Waals surface area contributed by atoms with Gasteiger partial charge in [0.15, 0.2) is 0 Å². The minimum atomic E-state index is -3.77. The predicted octanol–water partition coefficient (Wildman–Crippen LogP) is 4.49. The standard InChI is InChI=1S/C22H24BrClN2O4S/c1-2-30-20-6-4-18(24)14-21(20)31(28,29)25-10-7-15(8-11-25)22(27)26-12-9-16-13-17(23)3-5-19(16)26/h3-6,13-15H,2,7-12H2,1H3. The summed E-state index contributed by atoms with van der Waals surface area (Å²) in [5.41, 5.74) is 2.12. The van der Waals surface area contributed by atoms with E-state index in [2.05, 4.69) is 22.0 Å². The average Bonchev–Trinajstić information content (AvgIpc) is 3.17. The van der Waals surface area contributed by atoms with Crippen molar-refractivity contribution in [1.29, 1.82) is 0 Å². The molecule has 0 unspecified atom stereocenters. The van der Waals surface area contributed by atoms with Gasteiger partial charge in [-0.15, -0.1) is 0 Å². The molecule has 0 N–H and O–H groups in total. The molecular weight excluding hydrogens is 504 g/mol. The molecule has 0 radical (unpaired) electrons. The fourth-order valence-corrected chi connectivity index (χ4v) is 6.53. The molecule has 0 atom stereocenters. The van der Waals surface area contributed by atoms with E-state index in [0.717, 1.165) is 22.1 Å². The lowest BCUT2D eigenvalue weighted by Crippen LogP contribution is -2.44. The summed E-state index contributed by atoms with van der Waals surface area (Å²) in [5, 5.41) is 0.339. The van der Waals surface area contributed by atoms with Crippen molar-refractivity contribution < 1.29 is 17.9 Å². The van der Waals surface area contributed by atoms with E-state index < -0.39 is 10.0 Å². The smallest absolute Gasteiger partial charge is 0.246 e. The van der Waals surface area contributed by atoms with Crippen LogP contribution < -0.4 is 9.64 Å². The summed E-state index contributed by atoms with van der Waals surface area (Å²) < 4.78 is 34.4. The second kappa shape index (κ2) is 9.10. The maximum atomic E-state index is 13.3. The lowest BCUT2D eigenvalue weighted by Gasteiger charge is -2.33. The SMILES string of the molecule is CCOc1ccc(Cl)cc1S(=O)(=O)N1CCC(C(=O)N2CCc3cc(Br)ccc32)CC1. The van der Waals surface area contributed by atoms with Crippen LogP contribution >= 0.6 is 27.5 Å². The molecule has 31 heavy (non-hydrogen) atoms. The maximum Gasteiger partial charge on any atom is 0.246 e. The number of carbonyl (C=O) groups excluding carboxylic acids is 1. The molecule has 2 aliphatic heterocycles. The van der Waals surface area contributed by atoms with Crippen LogP contribution in [0.5, 0.6) is 5.75 Å². The van der Waals surface area contributed by atoms with Crippen molar-refractivity contribution in [3.63, 3.8) is 0 Å². The minimum Gasteiger partial charge on any atom is -0.492 e. The summed E-state index contributed by atoms with van der Waals surface area (Å²) in [6, 6.07) is 10.6. The van der Waals surface area contributed by atoms with Gasteiger partial charge < -0.3 is 9.64 Å². The number of amides is 1. The topological polar surface area (TPSA) is 66.9 Å². The summed E-state index contributed by atoms with van der Waals surface area (Å²) >= 11 is 9.54. The first-order valence-corrected chi connectivity index (χ1v) is 12.9. The van der Waals surface area contributed by atoms with E-state index in [9.17, 15) is 13.2 Å². The largest absolute Gasteiger partial charge is 0.492 e. The zero-order valence-corrected chi connectivity index (χ0v) is 20.3. The third kappa shape index (κ3) is 4.49. The lowest BCUT2D eigenvalue weighted by molar-refractivity contribution is -0.123. The molecule has 0 aromatic heterocycles. The number of hydrogen-bond donors (Lipinski definition) is 0. The lowest BCUT2D eigenvalue weighted by atomic mass is 9.96. The Morgan fingerprint density at radius 3 is 2.61 bits per heavy atom. The molecule has 1 amide bonds. The van der Waals surface area contributed by atoms with Crippen LogP contribution in [0.15, 0.2) is 45.8 Å². The summed E-state index contributed by atoms with van der Waals surface area (Å²) in [6.07, 6.45) is 1.82. The Morgan fingerprint density at radius 2 is 1.90 bits per heavy atom. The molecule has 0 aliphatic carbocycles. The number of anilines is 1. The van der Waals surface area contributed by atoms with Crippen LogP contribution in [0.3, 0.4) is 0 Å². The molecular formula is C22H24BrClN2O4S. The molecule has 0 spiro atoms. The van der Waals surface area contributed by atoms with Crippen LogP contribution in [0.2, 0.25) is 5.02 Å². The van der Waals surface area contributed by atoms with Crippen molar-refractivity contribution in [3.8, 4) is 5.75 Å². The molecule has 1 fully saturated rings. The van der Waals surface area contributed by atoms with Gasteiger partial charge in [-0.25, -0.2) is 8.42 Å². The fourth-order valence-electron chi connectivity index (χ4n) is 4.26. The zero-order chi connectivity index (χ0) is 22.2. The van der Waals surface area contributed by atoms with Gasteiger partial charge in [-0.05, 0) is 68.1 Å². The fraction of sp³-hybridized carbons (Fsp3) is 0.409. The Bertz CT molecular complexity index is 1100. The van der Waals surface area contributed by atoms with Crippen LogP contribution in [0, 0.1) is 5.92 Å². The van der Waals surface area contributed by atoms with Gasteiger partial charge >= 0.3 is 0 Å². The van der Waals surface area contributed by atoms with Gasteiger partial charge in [0.2, 0.25) is 15.9 Å². The normalized spacial score (nSPS) is 17.6. The summed E-state index contributed by atoms with van der Waals surface area (Å²) in [7, 11) is -3.77. The van der Waals surface area contributed by atoms with Gasteiger partial charge in [0.1, 0.15) is 10.6 Å². The number of halogens is 2. The first-order valence-electron chi connectivity index (χ1n) is 10.3. The summed E-state index contributed by atoms with van der Waals surface area (Å²) in [5.74, 6) is 0.188. The average molecular weight is 528 g/mol. The molecule has 2 aromatic rings. The summed E-state index contributed by atoms with van der Waals surface area (Å²) in [6.45, 7) is 3.41. The number of fused-ring (bicyclic) bond motifs is 1. The van der Waals surface area contributed by atoms with Crippen molar-refractivity contribution in [1.82, 2.24) is 4.31 Å². The Hall–Kier alpha value is -1.61. The third-order valence-corrected chi connectivity index (χ3v) is 8.48. The molecule has 166 valence electrons. The van der Waals surface area contributed by atoms with E-state index in [1.807, 2.05) is 17.0 Å². The third-order valence-electron chi connectivity index (χ3n) is 5.83. The van der Waals surface area contributed by atoms with Crippen LogP contribution in [0.4, 0.5) is 5.69 Å². The van der Waals surface area contributed by atoms with Crippen LogP contribution in [-0.4, -0.2) is 44.9 Å². The van der Waals surface area contributed by atoms with E-state index in [1.54, 1.807) is 19.1 Å². The number of carbonyl (C=O) groups is 1. The summed E-state index contributed by atoms with van der Waals surface area (Å²) in [4.78, 5) is 15.1. The quantitative estimate of drug-likeness (QED) is 0.575. The molecule has 4 rings (SSSR count). The van der Waals surface area contributed by atoms with Gasteiger partial charge in [-0.3, -0.25) is 4.79 Å². The highest BCUT2D eigenvalue weighted by Crippen LogP contribution is 2.35. The van der Waals surface area contributed by atoms with Crippen molar-refractivity contribution >= 4 is 49.1 Å². The van der Waals surface area contributed by atoms with Crippen LogP contribution in [-0.2, 0) is 21.2 Å². The number of piperidine rings is 1. The molecule has 2 aliphatic rings. The van der Waals surface area contributed by atoms with Crippen molar-refractivity contribution in [3.05, 3.63) is 51.5 Å². The second-order valence-corrected chi connectivity index (χ2v) is 11.0. The minimum absolute atomic E-state index is 0.0747. The number of ether oxygens (including phenoxy) is 1. The van der Waals surface area contributed by atoms with Crippen molar-refractivity contribution in [2.75, 3.05) is 31.1 Å². The van der Waals surface area contributed by atoms with E-state index in [1.165, 1.54) is 10.4 Å². The molecule has 1 saturated heterocycles. The van der Waals surface area contributed by atoms with E-state index in [-0.39, 0.29) is 29.8 Å². The van der Waals surface area contributed by atoms with Gasteiger partial charge in [-0.2, -0.15) is 4.31 Å². The highest BCUT2D eigenvalue weighted by molar-refractivity contribution is 9.10. The monoisotopic (exact) mass is 526 g/mol. The molecule has 2 aromatic carbocycles. The predicted molar refractivity (Wildman–Crippen MR) is 124 cm³/mol.